The number of ether oxygens (including phenoxy) is 1. The number of carbonyl (C=O) groups is 2. The fourth-order valence-electron chi connectivity index (χ4n) is 2.12. The number of nitrogens with zero attached hydrogens (tertiary/aromatic N) is 1. The van der Waals surface area contributed by atoms with Crippen molar-refractivity contribution in [3.05, 3.63) is 28.7 Å². The minimum absolute atomic E-state index is 0.0175. The summed E-state index contributed by atoms with van der Waals surface area (Å²) in [4.78, 5) is 25.0. The van der Waals surface area contributed by atoms with Crippen molar-refractivity contribution in [2.75, 3.05) is 26.2 Å². The highest BCUT2D eigenvalue weighted by atomic mass is 79.9. The zero-order valence-electron chi connectivity index (χ0n) is 11.8. The number of halogens is 1. The van der Waals surface area contributed by atoms with Gasteiger partial charge >= 0.3 is 0 Å². The van der Waals surface area contributed by atoms with Crippen molar-refractivity contribution in [1.29, 1.82) is 0 Å². The first-order valence-corrected chi connectivity index (χ1v) is 7.87. The largest absolute Gasteiger partial charge is 0.494 e. The van der Waals surface area contributed by atoms with Gasteiger partial charge in [-0.1, -0.05) is 15.9 Å². The van der Waals surface area contributed by atoms with E-state index in [2.05, 4.69) is 21.2 Å². The normalized spacial score (nSPS) is 15.3. The van der Waals surface area contributed by atoms with Crippen LogP contribution in [-0.4, -0.2) is 43.0 Å². The van der Waals surface area contributed by atoms with Crippen molar-refractivity contribution < 1.29 is 14.3 Å². The lowest BCUT2D eigenvalue weighted by atomic mass is 10.2. The van der Waals surface area contributed by atoms with Gasteiger partial charge in [0.05, 0.1) is 6.61 Å². The van der Waals surface area contributed by atoms with Crippen LogP contribution >= 0.6 is 15.9 Å². The molecule has 1 aromatic rings. The molecule has 1 fully saturated rings. The van der Waals surface area contributed by atoms with Crippen LogP contribution in [-0.2, 0) is 9.59 Å². The average molecular weight is 355 g/mol. The molecule has 1 aliphatic rings. The van der Waals surface area contributed by atoms with Crippen molar-refractivity contribution in [2.24, 2.45) is 0 Å². The van der Waals surface area contributed by atoms with Crippen LogP contribution in [0.4, 0.5) is 0 Å². The smallest absolute Gasteiger partial charge is 0.222 e. The quantitative estimate of drug-likeness (QED) is 0.822. The van der Waals surface area contributed by atoms with Gasteiger partial charge in [-0.05, 0) is 30.7 Å². The highest BCUT2D eigenvalue weighted by Crippen LogP contribution is 2.16. The molecule has 1 aromatic carbocycles. The standard InChI is InChI=1S/C15H19BrN2O3/c16-12-3-5-13(6-4-12)21-11-1-2-15(20)18-9-7-14(19)17-8-10-18/h3-6H,1-2,7-11H2,(H,17,19). The van der Waals surface area contributed by atoms with E-state index < -0.39 is 0 Å². The minimum atomic E-state index is 0.0175. The van der Waals surface area contributed by atoms with E-state index in [0.717, 1.165) is 10.2 Å². The first-order valence-electron chi connectivity index (χ1n) is 7.08. The molecule has 0 saturated carbocycles. The fourth-order valence-corrected chi connectivity index (χ4v) is 2.38. The lowest BCUT2D eigenvalue weighted by molar-refractivity contribution is -0.131. The van der Waals surface area contributed by atoms with E-state index in [1.165, 1.54) is 0 Å². The van der Waals surface area contributed by atoms with E-state index >= 15 is 0 Å². The molecule has 1 aliphatic heterocycles. The van der Waals surface area contributed by atoms with Crippen LogP contribution in [0.3, 0.4) is 0 Å². The Bertz CT molecular complexity index is 490. The summed E-state index contributed by atoms with van der Waals surface area (Å²) >= 11 is 3.37. The first kappa shape index (κ1) is 15.8. The van der Waals surface area contributed by atoms with Gasteiger partial charge in [0, 0.05) is 36.9 Å². The van der Waals surface area contributed by atoms with Gasteiger partial charge in [-0.15, -0.1) is 0 Å². The second-order valence-electron chi connectivity index (χ2n) is 4.89. The van der Waals surface area contributed by atoms with Crippen molar-refractivity contribution in [2.45, 2.75) is 19.3 Å². The maximum atomic E-state index is 12.0. The molecule has 0 bridgehead atoms. The van der Waals surface area contributed by atoms with Crippen LogP contribution in [0.2, 0.25) is 0 Å². The Morgan fingerprint density at radius 2 is 2.05 bits per heavy atom. The Labute approximate surface area is 132 Å². The molecule has 0 radical (unpaired) electrons. The maximum absolute atomic E-state index is 12.0. The van der Waals surface area contributed by atoms with Crippen LogP contribution in [0.25, 0.3) is 0 Å². The number of carbonyl (C=O) groups excluding carboxylic acids is 2. The lowest BCUT2D eigenvalue weighted by Crippen LogP contribution is -2.34. The molecule has 21 heavy (non-hydrogen) atoms. The molecule has 1 N–H and O–H groups in total. The van der Waals surface area contributed by atoms with Gasteiger partial charge in [0.1, 0.15) is 5.75 Å². The number of hydrogen-bond acceptors (Lipinski definition) is 3. The second-order valence-corrected chi connectivity index (χ2v) is 5.80. The molecule has 0 aromatic heterocycles. The van der Waals surface area contributed by atoms with Crippen LogP contribution in [0.5, 0.6) is 5.75 Å². The van der Waals surface area contributed by atoms with Gasteiger partial charge in [0.15, 0.2) is 0 Å². The monoisotopic (exact) mass is 354 g/mol. The number of hydrogen-bond donors (Lipinski definition) is 1. The van der Waals surface area contributed by atoms with Gasteiger partial charge < -0.3 is 15.0 Å². The topological polar surface area (TPSA) is 58.6 Å². The molecule has 0 atom stereocenters. The van der Waals surface area contributed by atoms with Crippen molar-refractivity contribution in [3.8, 4) is 5.75 Å². The van der Waals surface area contributed by atoms with Crippen LogP contribution < -0.4 is 10.1 Å². The fraction of sp³-hybridized carbons (Fsp3) is 0.467. The van der Waals surface area contributed by atoms with Gasteiger partial charge in [0.2, 0.25) is 11.8 Å². The summed E-state index contributed by atoms with van der Waals surface area (Å²) in [5.41, 5.74) is 0. The zero-order chi connectivity index (χ0) is 15.1. The predicted octanol–water partition coefficient (Wildman–Crippen LogP) is 1.96. The molecular weight excluding hydrogens is 336 g/mol. The summed E-state index contributed by atoms with van der Waals surface area (Å²) in [7, 11) is 0. The molecule has 6 heteroatoms. The second kappa shape index (κ2) is 8.02. The van der Waals surface area contributed by atoms with E-state index in [9.17, 15) is 9.59 Å². The Balaban J connectivity index is 1.67. The third-order valence-corrected chi connectivity index (χ3v) is 3.81. The molecule has 114 valence electrons. The Kier molecular flexibility index (Phi) is 6.04. The molecule has 0 spiro atoms. The van der Waals surface area contributed by atoms with Crippen LogP contribution in [0.1, 0.15) is 19.3 Å². The van der Waals surface area contributed by atoms with Crippen molar-refractivity contribution >= 4 is 27.7 Å². The molecule has 5 nitrogen and oxygen atoms in total. The summed E-state index contributed by atoms with van der Waals surface area (Å²) in [6.07, 6.45) is 1.51. The molecule has 1 saturated heterocycles. The highest BCUT2D eigenvalue weighted by Gasteiger charge is 2.17. The van der Waals surface area contributed by atoms with Crippen LogP contribution in [0, 0.1) is 0 Å². The molecule has 0 unspecified atom stereocenters. The Hall–Kier alpha value is -1.56. The van der Waals surface area contributed by atoms with Crippen LogP contribution in [0.15, 0.2) is 28.7 Å². The maximum Gasteiger partial charge on any atom is 0.222 e. The number of amides is 2. The first-order chi connectivity index (χ1) is 10.1. The van der Waals surface area contributed by atoms with Crippen molar-refractivity contribution in [1.82, 2.24) is 10.2 Å². The minimum Gasteiger partial charge on any atom is -0.494 e. The van der Waals surface area contributed by atoms with E-state index in [1.54, 1.807) is 4.90 Å². The average Bonchev–Trinajstić information content (AvgIpc) is 2.70. The van der Waals surface area contributed by atoms with E-state index in [4.69, 9.17) is 4.74 Å². The van der Waals surface area contributed by atoms with E-state index in [-0.39, 0.29) is 11.8 Å². The highest BCUT2D eigenvalue weighted by molar-refractivity contribution is 9.10. The molecule has 2 rings (SSSR count). The number of rotatable bonds is 5. The van der Waals surface area contributed by atoms with E-state index in [1.807, 2.05) is 24.3 Å². The van der Waals surface area contributed by atoms with Gasteiger partial charge in [0.25, 0.3) is 0 Å². The Morgan fingerprint density at radius 3 is 2.81 bits per heavy atom. The van der Waals surface area contributed by atoms with Gasteiger partial charge in [-0.3, -0.25) is 9.59 Å². The third-order valence-electron chi connectivity index (χ3n) is 3.28. The zero-order valence-corrected chi connectivity index (χ0v) is 13.4. The molecular formula is C15H19BrN2O3. The molecule has 2 amide bonds. The SMILES string of the molecule is O=C1CCN(C(=O)CCCOc2ccc(Br)cc2)CCN1. The summed E-state index contributed by atoms with van der Waals surface area (Å²) in [6.45, 7) is 2.16. The summed E-state index contributed by atoms with van der Waals surface area (Å²) in [5.74, 6) is 0.907. The summed E-state index contributed by atoms with van der Waals surface area (Å²) < 4.78 is 6.59. The van der Waals surface area contributed by atoms with E-state index in [0.29, 0.717) is 45.5 Å². The third kappa shape index (κ3) is 5.38. The van der Waals surface area contributed by atoms with Gasteiger partial charge in [-0.25, -0.2) is 0 Å². The molecule has 1 heterocycles. The summed E-state index contributed by atoms with van der Waals surface area (Å²) in [5, 5.41) is 2.76. The number of benzene rings is 1. The van der Waals surface area contributed by atoms with Crippen molar-refractivity contribution in [3.63, 3.8) is 0 Å². The lowest BCUT2D eigenvalue weighted by Gasteiger charge is -2.19. The Morgan fingerprint density at radius 1 is 1.29 bits per heavy atom. The predicted molar refractivity (Wildman–Crippen MR) is 83.1 cm³/mol. The molecule has 0 aliphatic carbocycles. The summed E-state index contributed by atoms with van der Waals surface area (Å²) in [6, 6.07) is 7.61. The number of nitrogens with one attached hydrogen (secondary N) is 1. The van der Waals surface area contributed by atoms with Gasteiger partial charge in [-0.2, -0.15) is 0 Å².